The molecule has 0 aliphatic heterocycles. The fourth-order valence-corrected chi connectivity index (χ4v) is 3.06. The summed E-state index contributed by atoms with van der Waals surface area (Å²) in [4.78, 5) is 0. The molecule has 0 bridgehead atoms. The summed E-state index contributed by atoms with van der Waals surface area (Å²) in [7, 11) is 0. The molecule has 1 N–H and O–H groups in total. The maximum atomic E-state index is 6.07. The van der Waals surface area contributed by atoms with E-state index in [9.17, 15) is 0 Å². The van der Waals surface area contributed by atoms with Gasteiger partial charge in [-0.1, -0.05) is 38.8 Å². The third kappa shape index (κ3) is 4.92. The van der Waals surface area contributed by atoms with Crippen molar-refractivity contribution in [3.8, 4) is 11.5 Å². The molecule has 3 heteroatoms. The van der Waals surface area contributed by atoms with E-state index in [4.69, 9.17) is 9.47 Å². The largest absolute Gasteiger partial charge is 0.490 e. The van der Waals surface area contributed by atoms with Crippen LogP contribution in [0.4, 0.5) is 0 Å². The van der Waals surface area contributed by atoms with E-state index in [0.29, 0.717) is 6.04 Å². The van der Waals surface area contributed by atoms with E-state index in [1.54, 1.807) is 0 Å². The average molecular weight is 291 g/mol. The molecule has 1 unspecified atom stereocenters. The lowest BCUT2D eigenvalue weighted by molar-refractivity contribution is 0.207. The maximum Gasteiger partial charge on any atom is 0.161 e. The van der Waals surface area contributed by atoms with Gasteiger partial charge in [-0.25, -0.2) is 0 Å². The van der Waals surface area contributed by atoms with Crippen molar-refractivity contribution >= 4 is 0 Å². The van der Waals surface area contributed by atoms with Gasteiger partial charge in [-0.2, -0.15) is 0 Å². The van der Waals surface area contributed by atoms with Crippen LogP contribution in [0.5, 0.6) is 11.5 Å². The molecule has 3 nitrogen and oxygen atoms in total. The van der Waals surface area contributed by atoms with Crippen molar-refractivity contribution in [1.29, 1.82) is 0 Å². The number of hydrogen-bond acceptors (Lipinski definition) is 3. The molecule has 0 heterocycles. The molecule has 1 aromatic carbocycles. The SMILES string of the molecule is CCCOc1ccccc1OCC(NCC)C1CCCC1. The zero-order valence-electron chi connectivity index (χ0n) is 13.4. The van der Waals surface area contributed by atoms with Crippen LogP contribution in [0, 0.1) is 5.92 Å². The Balaban J connectivity index is 1.93. The van der Waals surface area contributed by atoms with E-state index in [1.807, 2.05) is 24.3 Å². The molecular formula is C18H29NO2. The second kappa shape index (κ2) is 8.93. The minimum atomic E-state index is 0.455. The topological polar surface area (TPSA) is 30.5 Å². The Morgan fingerprint density at radius 3 is 2.38 bits per heavy atom. The fraction of sp³-hybridized carbons (Fsp3) is 0.667. The summed E-state index contributed by atoms with van der Waals surface area (Å²) in [5, 5.41) is 3.59. The van der Waals surface area contributed by atoms with Gasteiger partial charge < -0.3 is 14.8 Å². The molecule has 0 aromatic heterocycles. The molecule has 1 aliphatic carbocycles. The van der Waals surface area contributed by atoms with E-state index in [2.05, 4.69) is 19.2 Å². The number of likely N-dealkylation sites (N-methyl/N-ethyl adjacent to an activating group) is 1. The Hall–Kier alpha value is -1.22. The highest BCUT2D eigenvalue weighted by molar-refractivity contribution is 5.39. The molecule has 1 saturated carbocycles. The van der Waals surface area contributed by atoms with Crippen molar-refractivity contribution in [1.82, 2.24) is 5.32 Å². The number of para-hydroxylation sites is 2. The van der Waals surface area contributed by atoms with Crippen LogP contribution in [-0.4, -0.2) is 25.8 Å². The number of ether oxygens (including phenoxy) is 2. The third-order valence-corrected chi connectivity index (χ3v) is 4.16. The first-order valence-corrected chi connectivity index (χ1v) is 8.43. The summed E-state index contributed by atoms with van der Waals surface area (Å²) in [5.74, 6) is 2.49. The van der Waals surface area contributed by atoms with Crippen LogP contribution < -0.4 is 14.8 Å². The highest BCUT2D eigenvalue weighted by atomic mass is 16.5. The van der Waals surface area contributed by atoms with Gasteiger partial charge in [0.1, 0.15) is 6.61 Å². The van der Waals surface area contributed by atoms with E-state index in [0.717, 1.165) is 43.6 Å². The van der Waals surface area contributed by atoms with Gasteiger partial charge in [-0.15, -0.1) is 0 Å². The van der Waals surface area contributed by atoms with Crippen LogP contribution in [0.3, 0.4) is 0 Å². The van der Waals surface area contributed by atoms with E-state index < -0.39 is 0 Å². The number of nitrogens with one attached hydrogen (secondary N) is 1. The maximum absolute atomic E-state index is 6.07. The van der Waals surface area contributed by atoms with Crippen molar-refractivity contribution < 1.29 is 9.47 Å². The van der Waals surface area contributed by atoms with Gasteiger partial charge in [0.2, 0.25) is 0 Å². The quantitative estimate of drug-likeness (QED) is 0.745. The number of benzene rings is 1. The molecule has 1 fully saturated rings. The zero-order chi connectivity index (χ0) is 14.9. The van der Waals surface area contributed by atoms with Crippen LogP contribution in [0.25, 0.3) is 0 Å². The summed E-state index contributed by atoms with van der Waals surface area (Å²) in [6.45, 7) is 6.74. The van der Waals surface area contributed by atoms with Gasteiger partial charge in [0, 0.05) is 6.04 Å². The summed E-state index contributed by atoms with van der Waals surface area (Å²) < 4.78 is 11.8. The Bertz CT molecular complexity index is 402. The van der Waals surface area contributed by atoms with E-state index in [1.165, 1.54) is 25.7 Å². The Morgan fingerprint density at radius 2 is 1.76 bits per heavy atom. The first-order chi connectivity index (χ1) is 10.3. The first kappa shape index (κ1) is 16.2. The molecule has 0 radical (unpaired) electrons. The second-order valence-electron chi connectivity index (χ2n) is 5.81. The summed E-state index contributed by atoms with van der Waals surface area (Å²) in [6.07, 6.45) is 6.39. The van der Waals surface area contributed by atoms with Crippen LogP contribution >= 0.6 is 0 Å². The fourth-order valence-electron chi connectivity index (χ4n) is 3.06. The standard InChI is InChI=1S/C18H29NO2/c1-3-13-20-17-11-7-8-12-18(17)21-14-16(19-4-2)15-9-5-6-10-15/h7-8,11-12,15-16,19H,3-6,9-10,13-14H2,1-2H3. The summed E-state index contributed by atoms with van der Waals surface area (Å²) in [6, 6.07) is 8.45. The van der Waals surface area contributed by atoms with Gasteiger partial charge in [-0.05, 0) is 43.9 Å². The Kier molecular flexibility index (Phi) is 6.87. The van der Waals surface area contributed by atoms with Gasteiger partial charge >= 0.3 is 0 Å². The summed E-state index contributed by atoms with van der Waals surface area (Å²) in [5.41, 5.74) is 0. The molecule has 1 aliphatic rings. The van der Waals surface area contributed by atoms with Gasteiger partial charge in [0.25, 0.3) is 0 Å². The van der Waals surface area contributed by atoms with Crippen LogP contribution in [0.2, 0.25) is 0 Å². The van der Waals surface area contributed by atoms with Crippen molar-refractivity contribution in [2.24, 2.45) is 5.92 Å². The predicted octanol–water partition coefficient (Wildman–Crippen LogP) is 4.02. The lowest BCUT2D eigenvalue weighted by Crippen LogP contribution is -2.40. The van der Waals surface area contributed by atoms with Crippen LogP contribution in [0.15, 0.2) is 24.3 Å². The minimum Gasteiger partial charge on any atom is -0.490 e. The summed E-state index contributed by atoms with van der Waals surface area (Å²) >= 11 is 0. The Labute approximate surface area is 129 Å². The third-order valence-electron chi connectivity index (χ3n) is 4.16. The van der Waals surface area contributed by atoms with Crippen molar-refractivity contribution in [3.63, 3.8) is 0 Å². The molecule has 21 heavy (non-hydrogen) atoms. The molecule has 0 spiro atoms. The highest BCUT2D eigenvalue weighted by Crippen LogP contribution is 2.30. The number of hydrogen-bond donors (Lipinski definition) is 1. The Morgan fingerprint density at radius 1 is 1.10 bits per heavy atom. The number of rotatable bonds is 9. The molecule has 1 atom stereocenters. The molecule has 1 aromatic rings. The average Bonchev–Trinajstić information content (AvgIpc) is 3.04. The van der Waals surface area contributed by atoms with Gasteiger partial charge in [-0.3, -0.25) is 0 Å². The molecule has 0 amide bonds. The van der Waals surface area contributed by atoms with Gasteiger partial charge in [0.15, 0.2) is 11.5 Å². The van der Waals surface area contributed by atoms with Crippen LogP contribution in [0.1, 0.15) is 46.0 Å². The zero-order valence-corrected chi connectivity index (χ0v) is 13.4. The van der Waals surface area contributed by atoms with Crippen molar-refractivity contribution in [3.05, 3.63) is 24.3 Å². The van der Waals surface area contributed by atoms with Crippen molar-refractivity contribution in [2.75, 3.05) is 19.8 Å². The second-order valence-corrected chi connectivity index (χ2v) is 5.81. The molecule has 118 valence electrons. The van der Waals surface area contributed by atoms with Gasteiger partial charge in [0.05, 0.1) is 6.61 Å². The van der Waals surface area contributed by atoms with E-state index in [-0.39, 0.29) is 0 Å². The van der Waals surface area contributed by atoms with Crippen molar-refractivity contribution in [2.45, 2.75) is 52.0 Å². The molecule has 0 saturated heterocycles. The monoisotopic (exact) mass is 291 g/mol. The predicted molar refractivity (Wildman–Crippen MR) is 87.1 cm³/mol. The highest BCUT2D eigenvalue weighted by Gasteiger charge is 2.25. The molecule has 2 rings (SSSR count). The lowest BCUT2D eigenvalue weighted by atomic mass is 9.99. The lowest BCUT2D eigenvalue weighted by Gasteiger charge is -2.25. The smallest absolute Gasteiger partial charge is 0.161 e. The van der Waals surface area contributed by atoms with E-state index >= 15 is 0 Å². The first-order valence-electron chi connectivity index (χ1n) is 8.43. The van der Waals surface area contributed by atoms with Crippen LogP contribution in [-0.2, 0) is 0 Å². The molecular weight excluding hydrogens is 262 g/mol. The normalized spacial score (nSPS) is 16.9. The minimum absolute atomic E-state index is 0.455.